The van der Waals surface area contributed by atoms with E-state index in [1.807, 2.05) is 24.3 Å². The third-order valence-electron chi connectivity index (χ3n) is 2.87. The summed E-state index contributed by atoms with van der Waals surface area (Å²) in [6.45, 7) is 0.814. The maximum Gasteiger partial charge on any atom is 0.252 e. The Bertz CT molecular complexity index is 582. The van der Waals surface area contributed by atoms with Gasteiger partial charge in [-0.3, -0.25) is 4.79 Å². The van der Waals surface area contributed by atoms with Crippen molar-refractivity contribution in [1.29, 1.82) is 0 Å². The third-order valence-corrected chi connectivity index (χ3v) is 2.87. The second-order valence-electron chi connectivity index (χ2n) is 4.12. The highest BCUT2D eigenvalue weighted by Gasteiger charge is 2.09. The number of ether oxygens (including phenoxy) is 1. The van der Waals surface area contributed by atoms with Crippen LogP contribution in [-0.2, 0) is 13.2 Å². The van der Waals surface area contributed by atoms with Crippen LogP contribution in [0.5, 0.6) is 5.75 Å². The van der Waals surface area contributed by atoms with Gasteiger partial charge in [-0.25, -0.2) is 0 Å². The fourth-order valence-corrected chi connectivity index (χ4v) is 1.85. The van der Waals surface area contributed by atoms with Crippen LogP contribution in [-0.4, -0.2) is 5.91 Å². The van der Waals surface area contributed by atoms with Crippen molar-refractivity contribution in [1.82, 2.24) is 0 Å². The number of carbonyl (C=O) groups excluding carboxylic acids is 1. The van der Waals surface area contributed by atoms with Gasteiger partial charge in [-0.05, 0) is 23.3 Å². The standard InChI is InChI=1S/C15H16N2O2/c16-9-11-5-1-2-6-12(11)10-19-14-8-4-3-7-13(14)15(17)18/h1-8H,9-10,16H2,(H2,17,18). The van der Waals surface area contributed by atoms with Crippen LogP contribution in [0.3, 0.4) is 0 Å². The average Bonchev–Trinajstić information content (AvgIpc) is 2.45. The first-order chi connectivity index (χ1) is 9.22. The maximum atomic E-state index is 11.3. The fraction of sp³-hybridized carbons (Fsp3) is 0.133. The number of nitrogens with two attached hydrogens (primary N) is 2. The van der Waals surface area contributed by atoms with Gasteiger partial charge in [0.2, 0.25) is 0 Å². The predicted molar refractivity (Wildman–Crippen MR) is 73.6 cm³/mol. The van der Waals surface area contributed by atoms with Crippen LogP contribution in [0.25, 0.3) is 0 Å². The van der Waals surface area contributed by atoms with E-state index in [9.17, 15) is 4.79 Å². The van der Waals surface area contributed by atoms with Crippen LogP contribution in [0.2, 0.25) is 0 Å². The number of hydrogen-bond donors (Lipinski definition) is 2. The van der Waals surface area contributed by atoms with Gasteiger partial charge in [0.25, 0.3) is 5.91 Å². The molecule has 4 heteroatoms. The summed E-state index contributed by atoms with van der Waals surface area (Å²) >= 11 is 0. The molecule has 2 rings (SSSR count). The summed E-state index contributed by atoms with van der Waals surface area (Å²) in [5, 5.41) is 0. The Hall–Kier alpha value is -2.33. The van der Waals surface area contributed by atoms with E-state index in [4.69, 9.17) is 16.2 Å². The molecular weight excluding hydrogens is 240 g/mol. The Labute approximate surface area is 112 Å². The number of para-hydroxylation sites is 1. The highest BCUT2D eigenvalue weighted by atomic mass is 16.5. The van der Waals surface area contributed by atoms with E-state index in [0.29, 0.717) is 24.5 Å². The predicted octanol–water partition coefficient (Wildman–Crippen LogP) is 1.82. The van der Waals surface area contributed by atoms with E-state index in [2.05, 4.69) is 0 Å². The van der Waals surface area contributed by atoms with Crippen LogP contribution in [0.1, 0.15) is 21.5 Å². The molecule has 0 unspecified atom stereocenters. The monoisotopic (exact) mass is 256 g/mol. The van der Waals surface area contributed by atoms with E-state index < -0.39 is 5.91 Å². The van der Waals surface area contributed by atoms with Gasteiger partial charge >= 0.3 is 0 Å². The summed E-state index contributed by atoms with van der Waals surface area (Å²) in [5.74, 6) is -0.00969. The number of benzene rings is 2. The molecule has 2 aromatic carbocycles. The number of rotatable bonds is 5. The van der Waals surface area contributed by atoms with Crippen LogP contribution in [0, 0.1) is 0 Å². The smallest absolute Gasteiger partial charge is 0.252 e. The van der Waals surface area contributed by atoms with Crippen LogP contribution in [0.15, 0.2) is 48.5 Å². The number of hydrogen-bond acceptors (Lipinski definition) is 3. The Morgan fingerprint density at radius 2 is 1.63 bits per heavy atom. The summed E-state index contributed by atoms with van der Waals surface area (Å²) in [7, 11) is 0. The summed E-state index contributed by atoms with van der Waals surface area (Å²) in [6, 6.07) is 14.7. The van der Waals surface area contributed by atoms with E-state index in [0.717, 1.165) is 11.1 Å². The lowest BCUT2D eigenvalue weighted by Gasteiger charge is -2.11. The van der Waals surface area contributed by atoms with Crippen LogP contribution >= 0.6 is 0 Å². The van der Waals surface area contributed by atoms with Crippen LogP contribution in [0.4, 0.5) is 0 Å². The number of carbonyl (C=O) groups is 1. The quantitative estimate of drug-likeness (QED) is 0.856. The van der Waals surface area contributed by atoms with Crippen molar-refractivity contribution in [3.63, 3.8) is 0 Å². The molecule has 98 valence electrons. The molecule has 19 heavy (non-hydrogen) atoms. The second-order valence-corrected chi connectivity index (χ2v) is 4.12. The van der Waals surface area contributed by atoms with E-state index in [1.165, 1.54) is 0 Å². The molecule has 0 radical (unpaired) electrons. The number of primary amides is 1. The topological polar surface area (TPSA) is 78.3 Å². The zero-order valence-electron chi connectivity index (χ0n) is 10.5. The Morgan fingerprint density at radius 1 is 1.00 bits per heavy atom. The molecule has 0 atom stereocenters. The molecule has 0 spiro atoms. The lowest BCUT2D eigenvalue weighted by molar-refractivity contribution is 0.0996. The van der Waals surface area contributed by atoms with Gasteiger partial charge < -0.3 is 16.2 Å². The minimum atomic E-state index is -0.497. The first kappa shape index (κ1) is 13.1. The fourth-order valence-electron chi connectivity index (χ4n) is 1.85. The molecule has 4 nitrogen and oxygen atoms in total. The zero-order chi connectivity index (χ0) is 13.7. The summed E-state index contributed by atoms with van der Waals surface area (Å²) < 4.78 is 5.67. The summed E-state index contributed by atoms with van der Waals surface area (Å²) in [5.41, 5.74) is 13.4. The second kappa shape index (κ2) is 6.02. The van der Waals surface area contributed by atoms with E-state index in [-0.39, 0.29) is 0 Å². The van der Waals surface area contributed by atoms with E-state index in [1.54, 1.807) is 24.3 Å². The molecule has 0 aromatic heterocycles. The van der Waals surface area contributed by atoms with Crippen molar-refractivity contribution in [3.05, 3.63) is 65.2 Å². The van der Waals surface area contributed by atoms with Crippen molar-refractivity contribution in [2.45, 2.75) is 13.2 Å². The molecule has 0 saturated heterocycles. The highest BCUT2D eigenvalue weighted by molar-refractivity contribution is 5.95. The molecular formula is C15H16N2O2. The molecule has 0 aliphatic carbocycles. The minimum Gasteiger partial charge on any atom is -0.488 e. The Kier molecular flexibility index (Phi) is 4.15. The first-order valence-electron chi connectivity index (χ1n) is 6.01. The molecule has 0 saturated carbocycles. The molecule has 0 fully saturated rings. The molecule has 0 aliphatic rings. The van der Waals surface area contributed by atoms with Gasteiger partial charge in [-0.1, -0.05) is 36.4 Å². The van der Waals surface area contributed by atoms with Gasteiger partial charge in [-0.15, -0.1) is 0 Å². The van der Waals surface area contributed by atoms with E-state index >= 15 is 0 Å². The van der Waals surface area contributed by atoms with Gasteiger partial charge in [-0.2, -0.15) is 0 Å². The lowest BCUT2D eigenvalue weighted by atomic mass is 10.1. The number of amides is 1. The van der Waals surface area contributed by atoms with Gasteiger partial charge in [0, 0.05) is 6.54 Å². The van der Waals surface area contributed by atoms with Crippen LogP contribution < -0.4 is 16.2 Å². The van der Waals surface area contributed by atoms with Gasteiger partial charge in [0.05, 0.1) is 5.56 Å². The normalized spacial score (nSPS) is 10.2. The summed E-state index contributed by atoms with van der Waals surface area (Å²) in [6.07, 6.45) is 0. The Morgan fingerprint density at radius 3 is 2.32 bits per heavy atom. The van der Waals surface area contributed by atoms with Gasteiger partial charge in [0.1, 0.15) is 12.4 Å². The molecule has 0 aliphatic heterocycles. The molecule has 0 bridgehead atoms. The Balaban J connectivity index is 2.17. The zero-order valence-corrected chi connectivity index (χ0v) is 10.5. The minimum absolute atomic E-state index is 0.359. The molecule has 4 N–H and O–H groups in total. The maximum absolute atomic E-state index is 11.3. The SMILES string of the molecule is NCc1ccccc1COc1ccccc1C(N)=O. The molecule has 1 amide bonds. The molecule has 2 aromatic rings. The van der Waals surface area contributed by atoms with Crippen molar-refractivity contribution in [2.24, 2.45) is 11.5 Å². The lowest BCUT2D eigenvalue weighted by Crippen LogP contribution is -2.13. The third kappa shape index (κ3) is 3.11. The van der Waals surface area contributed by atoms with Crippen molar-refractivity contribution < 1.29 is 9.53 Å². The average molecular weight is 256 g/mol. The van der Waals surface area contributed by atoms with Crippen molar-refractivity contribution >= 4 is 5.91 Å². The van der Waals surface area contributed by atoms with Crippen molar-refractivity contribution in [2.75, 3.05) is 0 Å². The highest BCUT2D eigenvalue weighted by Crippen LogP contribution is 2.19. The largest absolute Gasteiger partial charge is 0.488 e. The van der Waals surface area contributed by atoms with Gasteiger partial charge in [0.15, 0.2) is 0 Å². The van der Waals surface area contributed by atoms with Crippen molar-refractivity contribution in [3.8, 4) is 5.75 Å². The summed E-state index contributed by atoms with van der Waals surface area (Å²) in [4.78, 5) is 11.3. The first-order valence-corrected chi connectivity index (χ1v) is 6.01. The molecule has 0 heterocycles.